The summed E-state index contributed by atoms with van der Waals surface area (Å²) >= 11 is 9.36. The lowest BCUT2D eigenvalue weighted by atomic mass is 10.2. The van der Waals surface area contributed by atoms with Crippen LogP contribution in [-0.2, 0) is 6.54 Å². The van der Waals surface area contributed by atoms with E-state index in [0.29, 0.717) is 17.3 Å². The van der Waals surface area contributed by atoms with Gasteiger partial charge in [0.1, 0.15) is 11.9 Å². The fourth-order valence-electron chi connectivity index (χ4n) is 1.60. The molecule has 2 rings (SSSR count). The van der Waals surface area contributed by atoms with E-state index < -0.39 is 5.82 Å². The Kier molecular flexibility index (Phi) is 4.41. The van der Waals surface area contributed by atoms with E-state index in [0.717, 1.165) is 10.0 Å². The van der Waals surface area contributed by atoms with Gasteiger partial charge in [0.15, 0.2) is 0 Å². The van der Waals surface area contributed by atoms with Crippen molar-refractivity contribution < 1.29 is 4.39 Å². The molecule has 0 aliphatic carbocycles. The highest BCUT2D eigenvalue weighted by Crippen LogP contribution is 2.22. The van der Waals surface area contributed by atoms with Crippen LogP contribution in [-0.4, -0.2) is 0 Å². The summed E-state index contributed by atoms with van der Waals surface area (Å²) in [5.41, 5.74) is 1.69. The predicted octanol–water partition coefficient (Wildman–Crippen LogP) is 4.73. The number of nitrogens with zero attached hydrogens (tertiary/aromatic N) is 1. The van der Waals surface area contributed by atoms with E-state index >= 15 is 0 Å². The second-order valence-corrected chi connectivity index (χ2v) is 5.19. The number of nitrogens with one attached hydrogen (secondary N) is 1. The van der Waals surface area contributed by atoms with Crippen molar-refractivity contribution in [2.45, 2.75) is 6.54 Å². The minimum Gasteiger partial charge on any atom is -0.381 e. The van der Waals surface area contributed by atoms with Crippen molar-refractivity contribution in [3.05, 3.63) is 62.8 Å². The molecule has 0 saturated carbocycles. The molecule has 1 N–H and O–H groups in total. The monoisotopic (exact) mass is 338 g/mol. The maximum Gasteiger partial charge on any atom is 0.141 e. The lowest BCUT2D eigenvalue weighted by molar-refractivity contribution is 0.624. The van der Waals surface area contributed by atoms with E-state index in [1.165, 1.54) is 12.1 Å². The molecular weight excluding hydrogens is 331 g/mol. The van der Waals surface area contributed by atoms with Gasteiger partial charge in [-0.05, 0) is 42.0 Å². The highest BCUT2D eigenvalue weighted by molar-refractivity contribution is 9.10. The van der Waals surface area contributed by atoms with E-state index in [4.69, 9.17) is 16.9 Å². The van der Waals surface area contributed by atoms with Gasteiger partial charge in [-0.15, -0.1) is 0 Å². The van der Waals surface area contributed by atoms with Gasteiger partial charge in [-0.25, -0.2) is 4.39 Å². The Balaban J connectivity index is 2.15. The summed E-state index contributed by atoms with van der Waals surface area (Å²) in [6.07, 6.45) is 0. The molecule has 0 fully saturated rings. The van der Waals surface area contributed by atoms with E-state index in [-0.39, 0.29) is 5.56 Å². The summed E-state index contributed by atoms with van der Waals surface area (Å²) in [7, 11) is 0. The molecule has 0 radical (unpaired) electrons. The molecule has 0 amide bonds. The van der Waals surface area contributed by atoms with Gasteiger partial charge in [-0.1, -0.05) is 27.5 Å². The number of halogens is 3. The van der Waals surface area contributed by atoms with Crippen LogP contribution < -0.4 is 5.32 Å². The van der Waals surface area contributed by atoms with Gasteiger partial charge >= 0.3 is 0 Å². The third-order valence-corrected chi connectivity index (χ3v) is 3.59. The summed E-state index contributed by atoms with van der Waals surface area (Å²) in [5.74, 6) is -0.517. The van der Waals surface area contributed by atoms with Gasteiger partial charge in [0.05, 0.1) is 5.56 Å². The van der Waals surface area contributed by atoms with Crippen molar-refractivity contribution in [2.75, 3.05) is 5.32 Å². The van der Waals surface area contributed by atoms with E-state index in [9.17, 15) is 4.39 Å². The van der Waals surface area contributed by atoms with Gasteiger partial charge < -0.3 is 5.32 Å². The SMILES string of the molecule is N#Cc1cc(NCc2cc(Cl)ccc2Br)ccc1F. The summed E-state index contributed by atoms with van der Waals surface area (Å²) in [4.78, 5) is 0. The molecule has 0 heterocycles. The molecule has 0 bridgehead atoms. The van der Waals surface area contributed by atoms with Crippen molar-refractivity contribution in [3.8, 4) is 6.07 Å². The van der Waals surface area contributed by atoms with Gasteiger partial charge in [0.25, 0.3) is 0 Å². The molecule has 19 heavy (non-hydrogen) atoms. The van der Waals surface area contributed by atoms with Gasteiger partial charge in [-0.2, -0.15) is 5.26 Å². The molecule has 0 saturated heterocycles. The summed E-state index contributed by atoms with van der Waals surface area (Å²) in [6, 6.07) is 11.7. The van der Waals surface area contributed by atoms with Crippen molar-refractivity contribution in [1.29, 1.82) is 5.26 Å². The summed E-state index contributed by atoms with van der Waals surface area (Å²) < 4.78 is 14.1. The first-order chi connectivity index (χ1) is 9.10. The molecule has 0 aliphatic heterocycles. The van der Waals surface area contributed by atoms with Gasteiger partial charge in [-0.3, -0.25) is 0 Å². The molecule has 5 heteroatoms. The first-order valence-corrected chi connectivity index (χ1v) is 6.64. The number of anilines is 1. The third-order valence-electron chi connectivity index (χ3n) is 2.58. The number of nitriles is 1. The fourth-order valence-corrected chi connectivity index (χ4v) is 2.18. The van der Waals surface area contributed by atoms with Crippen LogP contribution in [0.1, 0.15) is 11.1 Å². The van der Waals surface area contributed by atoms with E-state index in [2.05, 4.69) is 21.2 Å². The first kappa shape index (κ1) is 13.9. The largest absolute Gasteiger partial charge is 0.381 e. The Morgan fingerprint density at radius 3 is 2.79 bits per heavy atom. The van der Waals surface area contributed by atoms with Crippen LogP contribution >= 0.6 is 27.5 Å². The first-order valence-electron chi connectivity index (χ1n) is 5.47. The van der Waals surface area contributed by atoms with Crippen LogP contribution in [0, 0.1) is 17.1 Å². The predicted molar refractivity (Wildman–Crippen MR) is 77.6 cm³/mol. The molecule has 0 atom stereocenters. The number of benzene rings is 2. The number of hydrogen-bond donors (Lipinski definition) is 1. The second kappa shape index (κ2) is 6.05. The lowest BCUT2D eigenvalue weighted by Crippen LogP contribution is -2.01. The number of hydrogen-bond acceptors (Lipinski definition) is 2. The number of rotatable bonds is 3. The summed E-state index contributed by atoms with van der Waals surface area (Å²) in [5, 5.41) is 12.5. The zero-order valence-corrected chi connectivity index (χ0v) is 12.1. The standard InChI is InChI=1S/C14H9BrClFN2/c15-13-3-1-11(16)5-10(13)8-19-12-2-4-14(17)9(6-12)7-18/h1-6,19H,8H2. The fraction of sp³-hybridized carbons (Fsp3) is 0.0714. The molecule has 0 spiro atoms. The van der Waals surface area contributed by atoms with E-state index in [1.807, 2.05) is 18.2 Å². The van der Waals surface area contributed by atoms with Gasteiger partial charge in [0.2, 0.25) is 0 Å². The van der Waals surface area contributed by atoms with E-state index in [1.54, 1.807) is 12.1 Å². The molecule has 2 nitrogen and oxygen atoms in total. The van der Waals surface area contributed by atoms with Crippen molar-refractivity contribution in [1.82, 2.24) is 0 Å². The Labute approximate surface area is 123 Å². The van der Waals surface area contributed by atoms with Gasteiger partial charge in [0, 0.05) is 21.7 Å². The van der Waals surface area contributed by atoms with Crippen LogP contribution in [0.2, 0.25) is 5.02 Å². The van der Waals surface area contributed by atoms with Crippen LogP contribution in [0.5, 0.6) is 0 Å². The van der Waals surface area contributed by atoms with Crippen LogP contribution in [0.15, 0.2) is 40.9 Å². The maximum atomic E-state index is 13.2. The highest BCUT2D eigenvalue weighted by atomic mass is 79.9. The lowest BCUT2D eigenvalue weighted by Gasteiger charge is -2.09. The average molecular weight is 340 g/mol. The summed E-state index contributed by atoms with van der Waals surface area (Å²) in [6.45, 7) is 0.525. The highest BCUT2D eigenvalue weighted by Gasteiger charge is 2.04. The Bertz CT molecular complexity index is 652. The molecule has 2 aromatic carbocycles. The smallest absolute Gasteiger partial charge is 0.141 e. The minimum atomic E-state index is -0.517. The molecule has 0 unspecified atom stereocenters. The normalized spacial score (nSPS) is 10.0. The Morgan fingerprint density at radius 1 is 1.26 bits per heavy atom. The quantitative estimate of drug-likeness (QED) is 0.878. The minimum absolute atomic E-state index is 0.0233. The Morgan fingerprint density at radius 2 is 2.05 bits per heavy atom. The van der Waals surface area contributed by atoms with Crippen molar-refractivity contribution in [2.24, 2.45) is 0 Å². The topological polar surface area (TPSA) is 35.8 Å². The maximum absolute atomic E-state index is 13.2. The zero-order valence-electron chi connectivity index (χ0n) is 9.75. The van der Waals surface area contributed by atoms with Crippen LogP contribution in [0.4, 0.5) is 10.1 Å². The molecule has 0 aliphatic rings. The molecular formula is C14H9BrClFN2. The molecule has 2 aromatic rings. The van der Waals surface area contributed by atoms with Crippen LogP contribution in [0.25, 0.3) is 0 Å². The Hall–Kier alpha value is -1.57. The van der Waals surface area contributed by atoms with Crippen molar-refractivity contribution >= 4 is 33.2 Å². The van der Waals surface area contributed by atoms with Crippen molar-refractivity contribution in [3.63, 3.8) is 0 Å². The zero-order chi connectivity index (χ0) is 13.8. The second-order valence-electron chi connectivity index (χ2n) is 3.90. The van der Waals surface area contributed by atoms with Crippen LogP contribution in [0.3, 0.4) is 0 Å². The molecule has 96 valence electrons. The molecule has 0 aromatic heterocycles. The average Bonchev–Trinajstić information content (AvgIpc) is 2.41. The third kappa shape index (κ3) is 3.46.